The molecule has 2 saturated heterocycles. The Morgan fingerprint density at radius 1 is 1.04 bits per heavy atom. The molecule has 1 aliphatic carbocycles. The lowest BCUT2D eigenvalue weighted by molar-refractivity contribution is -0.155. The second-order valence-electron chi connectivity index (χ2n) is 11.3. The molecule has 9 atom stereocenters. The topological polar surface area (TPSA) is 158 Å². The highest BCUT2D eigenvalue weighted by Crippen LogP contribution is 2.32. The molecule has 2 aromatic carbocycles. The van der Waals surface area contributed by atoms with Gasteiger partial charge in [0.15, 0.2) is 11.6 Å². The van der Waals surface area contributed by atoms with Crippen molar-refractivity contribution in [3.05, 3.63) is 68.7 Å². The molecule has 12 nitrogen and oxygen atoms in total. The summed E-state index contributed by atoms with van der Waals surface area (Å²) in [7, 11) is 1.49. The number of ether oxygens (including phenoxy) is 5. The summed E-state index contributed by atoms with van der Waals surface area (Å²) in [6, 6.07) is 5.28. The molecule has 2 aliphatic heterocycles. The van der Waals surface area contributed by atoms with Gasteiger partial charge in [0.2, 0.25) is 12.2 Å². The number of aliphatic hydroxyl groups is 3. The van der Waals surface area contributed by atoms with Crippen LogP contribution in [0.25, 0.3) is 6.08 Å². The molecule has 47 heavy (non-hydrogen) atoms. The molecule has 1 amide bonds. The first-order chi connectivity index (χ1) is 22.4. The summed E-state index contributed by atoms with van der Waals surface area (Å²) in [5, 5.41) is 38.0. The van der Waals surface area contributed by atoms with E-state index in [0.29, 0.717) is 16.8 Å². The van der Waals surface area contributed by atoms with E-state index in [1.54, 1.807) is 6.92 Å². The van der Waals surface area contributed by atoms with Gasteiger partial charge in [-0.3, -0.25) is 4.79 Å². The van der Waals surface area contributed by atoms with Gasteiger partial charge < -0.3 is 49.2 Å². The first-order valence-corrected chi connectivity index (χ1v) is 15.3. The number of carbonyl (C=O) groups excluding carboxylic acids is 1. The number of carbonyl (C=O) groups is 1. The first-order valence-electron chi connectivity index (χ1n) is 14.6. The lowest BCUT2D eigenvalue weighted by Crippen LogP contribution is -2.67. The summed E-state index contributed by atoms with van der Waals surface area (Å²) in [5.41, 5.74) is 1.22. The van der Waals surface area contributed by atoms with E-state index in [1.807, 2.05) is 0 Å². The maximum atomic E-state index is 15.1. The van der Waals surface area contributed by atoms with Crippen LogP contribution in [-0.2, 0) is 35.2 Å². The van der Waals surface area contributed by atoms with Crippen LogP contribution in [-0.4, -0.2) is 95.9 Å². The van der Waals surface area contributed by atoms with Crippen LogP contribution in [0.5, 0.6) is 5.75 Å². The molecule has 4 N–H and O–H groups in total. The molecular formula is C31H34Cl2F2N2O10. The molecule has 2 aromatic rings. The third kappa shape index (κ3) is 7.88. The van der Waals surface area contributed by atoms with E-state index < -0.39 is 72.6 Å². The van der Waals surface area contributed by atoms with Crippen molar-refractivity contribution in [2.45, 2.75) is 81.9 Å². The fourth-order valence-corrected chi connectivity index (χ4v) is 6.03. The normalized spacial score (nSPS) is 31.1. The molecule has 5 rings (SSSR count). The van der Waals surface area contributed by atoms with Crippen LogP contribution in [0.2, 0.25) is 10.0 Å². The minimum Gasteiger partial charge on any atom is -0.462 e. The van der Waals surface area contributed by atoms with E-state index in [4.69, 9.17) is 51.7 Å². The van der Waals surface area contributed by atoms with Gasteiger partial charge in [-0.1, -0.05) is 34.4 Å². The number of nitrogens with zero attached hydrogens (tertiary/aromatic N) is 1. The van der Waals surface area contributed by atoms with Crippen LogP contribution in [0.3, 0.4) is 0 Å². The number of oxime groups is 1. The van der Waals surface area contributed by atoms with Gasteiger partial charge in [-0.15, -0.1) is 0 Å². The summed E-state index contributed by atoms with van der Waals surface area (Å²) in [6.07, 6.45) is -6.46. The molecule has 0 radical (unpaired) electrons. The van der Waals surface area contributed by atoms with Crippen LogP contribution in [0.15, 0.2) is 41.1 Å². The van der Waals surface area contributed by atoms with Crippen molar-refractivity contribution >= 4 is 40.9 Å². The highest BCUT2D eigenvalue weighted by molar-refractivity contribution is 6.35. The summed E-state index contributed by atoms with van der Waals surface area (Å²) >= 11 is 11.8. The van der Waals surface area contributed by atoms with Gasteiger partial charge in [0.25, 0.3) is 0 Å². The van der Waals surface area contributed by atoms with E-state index in [0.717, 1.165) is 6.07 Å². The van der Waals surface area contributed by atoms with Gasteiger partial charge in [-0.25, -0.2) is 8.78 Å². The molecular weight excluding hydrogens is 669 g/mol. The molecule has 3 aliphatic rings. The van der Waals surface area contributed by atoms with E-state index in [-0.39, 0.29) is 41.2 Å². The molecule has 0 aromatic heterocycles. The minimum atomic E-state index is -1.50. The zero-order chi connectivity index (χ0) is 34.0. The Labute approximate surface area is 278 Å². The average Bonchev–Trinajstić information content (AvgIpc) is 3.70. The zero-order valence-corrected chi connectivity index (χ0v) is 27.0. The summed E-state index contributed by atoms with van der Waals surface area (Å²) in [5.74, 6) is -2.12. The van der Waals surface area contributed by atoms with Crippen molar-refractivity contribution in [2.24, 2.45) is 5.16 Å². The number of fused-ring (bicyclic) bond motifs is 1. The maximum absolute atomic E-state index is 15.1. The lowest BCUT2D eigenvalue weighted by atomic mass is 9.83. The largest absolute Gasteiger partial charge is 0.462 e. The SMILES string of the molecule is CO[C@H]1C[C@@H](Oc2ccc(C=C(C)C(=O)N[C@@H]3[C@H](O)[C@@H](O)[C@H]4OCO[C@H]4[C@@H]3O)cc2F)O[C@@H]1C(C)=NOCc1cc(F)c(Cl)cc1Cl. The Bertz CT molecular complexity index is 1530. The van der Waals surface area contributed by atoms with Crippen molar-refractivity contribution in [1.29, 1.82) is 0 Å². The summed E-state index contributed by atoms with van der Waals surface area (Å²) in [6.45, 7) is 2.84. The van der Waals surface area contributed by atoms with E-state index in [1.165, 1.54) is 44.4 Å². The smallest absolute Gasteiger partial charge is 0.247 e. The predicted octanol–water partition coefficient (Wildman–Crippen LogP) is 3.10. The third-order valence-corrected chi connectivity index (χ3v) is 8.79. The molecule has 256 valence electrons. The quantitative estimate of drug-likeness (QED) is 0.126. The molecule has 1 saturated carbocycles. The highest BCUT2D eigenvalue weighted by atomic mass is 35.5. The summed E-state index contributed by atoms with van der Waals surface area (Å²) < 4.78 is 56.6. The van der Waals surface area contributed by atoms with Crippen molar-refractivity contribution in [1.82, 2.24) is 5.32 Å². The molecule has 0 unspecified atom stereocenters. The monoisotopic (exact) mass is 702 g/mol. The van der Waals surface area contributed by atoms with E-state index in [9.17, 15) is 24.5 Å². The number of rotatable bonds is 10. The standard InChI is InChI=1S/C31H34Cl2F2N2O10/c1-13(31(41)36-24-25(38)27(40)30-29(26(24)39)43-12-44-30)6-15-4-5-21(20(35)7-15)46-23-10-22(42-3)28(47-23)14(2)37-45-11-16-8-19(34)18(33)9-17(16)32/h4-9,22-30,38-40H,10-12H2,1-3H3,(H,36,41)/t22-,23-,24+,25-,26+,27+,28+,29-,30+/m0/s1. The van der Waals surface area contributed by atoms with Gasteiger partial charge in [-0.2, -0.15) is 0 Å². The molecule has 16 heteroatoms. The zero-order valence-electron chi connectivity index (χ0n) is 25.4. The Balaban J connectivity index is 1.17. The van der Waals surface area contributed by atoms with Crippen molar-refractivity contribution in [3.8, 4) is 5.75 Å². The van der Waals surface area contributed by atoms with Crippen molar-refractivity contribution in [3.63, 3.8) is 0 Å². The molecule has 2 heterocycles. The van der Waals surface area contributed by atoms with Crippen LogP contribution in [0, 0.1) is 11.6 Å². The molecule has 3 fully saturated rings. The highest BCUT2D eigenvalue weighted by Gasteiger charge is 2.53. The minimum absolute atomic E-state index is 0.106. The van der Waals surface area contributed by atoms with Crippen molar-refractivity contribution in [2.75, 3.05) is 13.9 Å². The Morgan fingerprint density at radius 3 is 2.47 bits per heavy atom. The Hall–Kier alpha value is -2.92. The number of benzene rings is 2. The van der Waals surface area contributed by atoms with Gasteiger partial charge >= 0.3 is 0 Å². The number of nitrogens with one attached hydrogen (secondary N) is 1. The fraction of sp³-hybridized carbons (Fsp3) is 0.484. The molecule has 0 bridgehead atoms. The second-order valence-corrected chi connectivity index (χ2v) is 12.2. The Morgan fingerprint density at radius 2 is 1.77 bits per heavy atom. The number of halogens is 4. The number of hydrogen-bond acceptors (Lipinski definition) is 11. The lowest BCUT2D eigenvalue weighted by Gasteiger charge is -2.41. The van der Waals surface area contributed by atoms with Crippen LogP contribution in [0.4, 0.5) is 8.78 Å². The average molecular weight is 704 g/mol. The van der Waals surface area contributed by atoms with Crippen molar-refractivity contribution < 1.29 is 57.4 Å². The maximum Gasteiger partial charge on any atom is 0.247 e. The van der Waals surface area contributed by atoms with Gasteiger partial charge in [-0.05, 0) is 49.8 Å². The van der Waals surface area contributed by atoms with Crippen LogP contribution < -0.4 is 10.1 Å². The van der Waals surface area contributed by atoms with Gasteiger partial charge in [0, 0.05) is 29.7 Å². The number of hydrogen-bond donors (Lipinski definition) is 4. The van der Waals surface area contributed by atoms with E-state index in [2.05, 4.69) is 10.5 Å². The summed E-state index contributed by atoms with van der Waals surface area (Å²) in [4.78, 5) is 18.2. The third-order valence-electron chi connectivity index (χ3n) is 8.15. The Kier molecular flexibility index (Phi) is 11.4. The van der Waals surface area contributed by atoms with Crippen LogP contribution >= 0.6 is 23.2 Å². The first kappa shape index (κ1) is 35.4. The number of aliphatic hydroxyl groups excluding tert-OH is 3. The number of methoxy groups -OCH3 is 1. The van der Waals surface area contributed by atoms with Crippen LogP contribution in [0.1, 0.15) is 31.4 Å². The predicted molar refractivity (Wildman–Crippen MR) is 164 cm³/mol. The molecule has 0 spiro atoms. The van der Waals surface area contributed by atoms with Gasteiger partial charge in [0.1, 0.15) is 55.8 Å². The second kappa shape index (κ2) is 15.1. The number of amides is 1. The van der Waals surface area contributed by atoms with Gasteiger partial charge in [0.05, 0.1) is 22.9 Å². The van der Waals surface area contributed by atoms with E-state index >= 15 is 4.39 Å². The fourth-order valence-electron chi connectivity index (χ4n) is 5.59.